The zero-order chi connectivity index (χ0) is 21.8. The first-order valence-corrected chi connectivity index (χ1v) is 11.1. The van der Waals surface area contributed by atoms with E-state index in [9.17, 15) is 0 Å². The number of ether oxygens (including phenoxy) is 1. The maximum Gasteiger partial charge on any atom is 0.191 e. The second-order valence-corrected chi connectivity index (χ2v) is 9.04. The van der Waals surface area contributed by atoms with Crippen LogP contribution in [0.4, 0.5) is 5.82 Å². The minimum absolute atomic E-state index is 0.142. The average molecular weight is 423 g/mol. The van der Waals surface area contributed by atoms with Crippen molar-refractivity contribution in [1.29, 1.82) is 0 Å². The van der Waals surface area contributed by atoms with Crippen LogP contribution in [0.1, 0.15) is 37.4 Å². The topological polar surface area (TPSA) is 65.0 Å². The van der Waals surface area contributed by atoms with Crippen molar-refractivity contribution in [2.45, 2.75) is 38.5 Å². The van der Waals surface area contributed by atoms with Crippen molar-refractivity contribution in [3.63, 3.8) is 0 Å². The van der Waals surface area contributed by atoms with Crippen LogP contribution < -0.4 is 20.3 Å². The van der Waals surface area contributed by atoms with E-state index in [0.29, 0.717) is 6.54 Å². The van der Waals surface area contributed by atoms with Crippen molar-refractivity contribution in [1.82, 2.24) is 20.5 Å². The van der Waals surface area contributed by atoms with E-state index in [1.807, 2.05) is 18.3 Å². The maximum atomic E-state index is 6.15. The van der Waals surface area contributed by atoms with Crippen molar-refractivity contribution in [3.8, 4) is 5.75 Å². The number of guanidine groups is 1. The monoisotopic (exact) mass is 422 g/mol. The molecule has 2 aliphatic heterocycles. The van der Waals surface area contributed by atoms with Crippen LogP contribution in [0.3, 0.4) is 0 Å². The number of anilines is 1. The lowest BCUT2D eigenvalue weighted by molar-refractivity contribution is 0.0694. The highest BCUT2D eigenvalue weighted by Gasteiger charge is 2.33. The SMILES string of the molecule is CN=C(NCc1ccc(N2CCN(C)CC2)nc1)NC1CC(C)(C)Oc2ccccc21. The predicted molar refractivity (Wildman–Crippen MR) is 126 cm³/mol. The van der Waals surface area contributed by atoms with Gasteiger partial charge in [0, 0.05) is 58.0 Å². The van der Waals surface area contributed by atoms with Gasteiger partial charge in [0.1, 0.15) is 17.2 Å². The van der Waals surface area contributed by atoms with Crippen molar-refractivity contribution >= 4 is 11.8 Å². The number of piperazine rings is 1. The van der Waals surface area contributed by atoms with E-state index >= 15 is 0 Å². The molecule has 166 valence electrons. The highest BCUT2D eigenvalue weighted by molar-refractivity contribution is 5.80. The lowest BCUT2D eigenvalue weighted by Gasteiger charge is -2.38. The third-order valence-corrected chi connectivity index (χ3v) is 6.01. The summed E-state index contributed by atoms with van der Waals surface area (Å²) in [5.74, 6) is 2.77. The summed E-state index contributed by atoms with van der Waals surface area (Å²) in [5, 5.41) is 7.01. The predicted octanol–water partition coefficient (Wildman–Crippen LogP) is 2.80. The number of hydrogen-bond acceptors (Lipinski definition) is 5. The molecule has 1 aromatic carbocycles. The van der Waals surface area contributed by atoms with Gasteiger partial charge in [0.2, 0.25) is 0 Å². The van der Waals surface area contributed by atoms with Gasteiger partial charge < -0.3 is 25.2 Å². The van der Waals surface area contributed by atoms with Crippen LogP contribution in [0, 0.1) is 0 Å². The summed E-state index contributed by atoms with van der Waals surface area (Å²) in [6.45, 7) is 9.15. The van der Waals surface area contributed by atoms with Crippen molar-refractivity contribution in [2.24, 2.45) is 4.99 Å². The van der Waals surface area contributed by atoms with Crippen LogP contribution >= 0.6 is 0 Å². The van der Waals surface area contributed by atoms with E-state index in [1.165, 1.54) is 5.56 Å². The number of para-hydroxylation sites is 1. The fraction of sp³-hybridized carbons (Fsp3) is 0.500. The Morgan fingerprint density at radius 3 is 2.65 bits per heavy atom. The molecule has 2 aromatic rings. The first-order valence-electron chi connectivity index (χ1n) is 11.1. The first-order chi connectivity index (χ1) is 14.9. The summed E-state index contributed by atoms with van der Waals surface area (Å²) >= 11 is 0. The Kier molecular flexibility index (Phi) is 6.32. The number of hydrogen-bond donors (Lipinski definition) is 2. The standard InChI is InChI=1S/C24H34N6O/c1-24(2)15-20(19-7-5-6-8-21(19)31-24)28-23(25-3)27-17-18-9-10-22(26-16-18)30-13-11-29(4)12-14-30/h5-10,16,20H,11-15,17H2,1-4H3,(H2,25,27,28). The number of nitrogens with one attached hydrogen (secondary N) is 2. The third-order valence-electron chi connectivity index (χ3n) is 6.01. The van der Waals surface area contributed by atoms with Gasteiger partial charge in [-0.2, -0.15) is 0 Å². The normalized spacial score (nSPS) is 21.2. The second-order valence-electron chi connectivity index (χ2n) is 9.04. The number of nitrogens with zero attached hydrogens (tertiary/aromatic N) is 4. The minimum atomic E-state index is -0.228. The first kappa shape index (κ1) is 21.4. The Morgan fingerprint density at radius 1 is 1.16 bits per heavy atom. The highest BCUT2D eigenvalue weighted by Crippen LogP contribution is 2.39. The molecule has 1 unspecified atom stereocenters. The Balaban J connectivity index is 1.36. The van der Waals surface area contributed by atoms with Crippen LogP contribution in [0.5, 0.6) is 5.75 Å². The average Bonchev–Trinajstić information content (AvgIpc) is 2.76. The minimum Gasteiger partial charge on any atom is -0.487 e. The lowest BCUT2D eigenvalue weighted by Crippen LogP contribution is -2.45. The molecule has 0 saturated carbocycles. The molecule has 0 radical (unpaired) electrons. The van der Waals surface area contributed by atoms with Crippen molar-refractivity contribution < 1.29 is 4.74 Å². The molecule has 2 aliphatic rings. The van der Waals surface area contributed by atoms with Crippen LogP contribution in [0.2, 0.25) is 0 Å². The number of rotatable bonds is 4. The molecule has 31 heavy (non-hydrogen) atoms. The van der Waals surface area contributed by atoms with Gasteiger partial charge in [0.05, 0.1) is 6.04 Å². The summed E-state index contributed by atoms with van der Waals surface area (Å²) in [7, 11) is 3.97. The molecule has 0 spiro atoms. The summed E-state index contributed by atoms with van der Waals surface area (Å²) in [6, 6.07) is 12.6. The van der Waals surface area contributed by atoms with Gasteiger partial charge in [-0.05, 0) is 38.6 Å². The van der Waals surface area contributed by atoms with Gasteiger partial charge in [-0.1, -0.05) is 24.3 Å². The van der Waals surface area contributed by atoms with Gasteiger partial charge in [-0.15, -0.1) is 0 Å². The second kappa shape index (κ2) is 9.14. The Hall–Kier alpha value is -2.80. The molecule has 3 heterocycles. The largest absolute Gasteiger partial charge is 0.487 e. The van der Waals surface area contributed by atoms with Crippen LogP contribution in [-0.4, -0.2) is 61.7 Å². The van der Waals surface area contributed by atoms with E-state index < -0.39 is 0 Å². The van der Waals surface area contributed by atoms with Crippen LogP contribution in [0.15, 0.2) is 47.6 Å². The van der Waals surface area contributed by atoms with Gasteiger partial charge in [-0.25, -0.2) is 4.98 Å². The van der Waals surface area contributed by atoms with Crippen LogP contribution in [0.25, 0.3) is 0 Å². The van der Waals surface area contributed by atoms with Gasteiger partial charge >= 0.3 is 0 Å². The lowest BCUT2D eigenvalue weighted by atomic mass is 9.90. The molecule has 1 fully saturated rings. The van der Waals surface area contributed by atoms with E-state index in [0.717, 1.165) is 55.7 Å². The summed E-state index contributed by atoms with van der Waals surface area (Å²) in [6.07, 6.45) is 2.83. The molecule has 1 aromatic heterocycles. The van der Waals surface area contributed by atoms with E-state index in [1.54, 1.807) is 7.05 Å². The summed E-state index contributed by atoms with van der Waals surface area (Å²) < 4.78 is 6.15. The zero-order valence-corrected chi connectivity index (χ0v) is 19.1. The fourth-order valence-corrected chi connectivity index (χ4v) is 4.22. The quantitative estimate of drug-likeness (QED) is 0.584. The Morgan fingerprint density at radius 2 is 1.94 bits per heavy atom. The third kappa shape index (κ3) is 5.28. The molecule has 0 amide bonds. The van der Waals surface area contributed by atoms with Crippen molar-refractivity contribution in [3.05, 3.63) is 53.7 Å². The molecule has 2 N–H and O–H groups in total. The summed E-state index contributed by atoms with van der Waals surface area (Å²) in [5.41, 5.74) is 2.07. The fourth-order valence-electron chi connectivity index (χ4n) is 4.22. The molecule has 0 bridgehead atoms. The number of fused-ring (bicyclic) bond motifs is 1. The number of likely N-dealkylation sites (N-methyl/N-ethyl adjacent to an activating group) is 1. The van der Waals surface area contributed by atoms with Crippen LogP contribution in [-0.2, 0) is 6.54 Å². The number of pyridine rings is 1. The van der Waals surface area contributed by atoms with Gasteiger partial charge in [0.15, 0.2) is 5.96 Å². The van der Waals surface area contributed by atoms with E-state index in [-0.39, 0.29) is 11.6 Å². The highest BCUT2D eigenvalue weighted by atomic mass is 16.5. The molecular weight excluding hydrogens is 388 g/mol. The van der Waals surface area contributed by atoms with Crippen molar-refractivity contribution in [2.75, 3.05) is 45.2 Å². The van der Waals surface area contributed by atoms with E-state index in [4.69, 9.17) is 4.74 Å². The van der Waals surface area contributed by atoms with Gasteiger partial charge in [0.25, 0.3) is 0 Å². The number of aromatic nitrogens is 1. The summed E-state index contributed by atoms with van der Waals surface area (Å²) in [4.78, 5) is 13.8. The molecule has 0 aliphatic carbocycles. The Labute approximate surface area is 185 Å². The molecular formula is C24H34N6O. The molecule has 7 heteroatoms. The molecule has 1 atom stereocenters. The van der Waals surface area contributed by atoms with E-state index in [2.05, 4.69) is 75.6 Å². The number of aliphatic imine (C=N–C) groups is 1. The number of benzene rings is 1. The molecule has 4 rings (SSSR count). The van der Waals surface area contributed by atoms with Gasteiger partial charge in [-0.3, -0.25) is 4.99 Å². The smallest absolute Gasteiger partial charge is 0.191 e. The molecule has 7 nitrogen and oxygen atoms in total. The molecule has 1 saturated heterocycles. The zero-order valence-electron chi connectivity index (χ0n) is 19.1. The maximum absolute atomic E-state index is 6.15. The Bertz CT molecular complexity index is 903.